The van der Waals surface area contributed by atoms with Crippen LogP contribution in [0.25, 0.3) is 10.4 Å². The standard InChI is InChI=1S/C18H24N4OS/c1-11-15(12-7-8-20-14(10-12)18(2,3)4)24-16(21-11)13-6-5-9-22(13)17(19)23/h7-8,10,13H,5-6,9H2,1-4H3,(H2,19,23). The summed E-state index contributed by atoms with van der Waals surface area (Å²) in [5, 5.41) is 0.980. The molecule has 1 saturated heterocycles. The van der Waals surface area contributed by atoms with Crippen LogP contribution < -0.4 is 5.73 Å². The number of hydrogen-bond acceptors (Lipinski definition) is 4. The molecule has 1 fully saturated rings. The molecule has 0 saturated carbocycles. The van der Waals surface area contributed by atoms with Crippen molar-refractivity contribution in [2.75, 3.05) is 6.54 Å². The van der Waals surface area contributed by atoms with E-state index in [1.807, 2.05) is 19.2 Å². The Hall–Kier alpha value is -1.95. The minimum atomic E-state index is -0.356. The number of primary amides is 1. The van der Waals surface area contributed by atoms with Crippen molar-refractivity contribution < 1.29 is 4.79 Å². The molecule has 0 aromatic carbocycles. The van der Waals surface area contributed by atoms with Crippen LogP contribution in [0.2, 0.25) is 0 Å². The van der Waals surface area contributed by atoms with Crippen LogP contribution in [0, 0.1) is 6.92 Å². The molecule has 1 aliphatic rings. The number of thiazole rings is 1. The van der Waals surface area contributed by atoms with Gasteiger partial charge in [-0.3, -0.25) is 4.98 Å². The summed E-state index contributed by atoms with van der Waals surface area (Å²) in [7, 11) is 0. The van der Waals surface area contributed by atoms with E-state index in [0.717, 1.165) is 46.2 Å². The van der Waals surface area contributed by atoms with Crippen molar-refractivity contribution in [3.05, 3.63) is 34.7 Å². The van der Waals surface area contributed by atoms with Crippen molar-refractivity contribution in [3.8, 4) is 10.4 Å². The number of urea groups is 1. The fourth-order valence-corrected chi connectivity index (χ4v) is 4.31. The molecule has 1 atom stereocenters. The Bertz CT molecular complexity index is 763. The van der Waals surface area contributed by atoms with E-state index in [1.54, 1.807) is 16.2 Å². The molecule has 0 bridgehead atoms. The van der Waals surface area contributed by atoms with Gasteiger partial charge >= 0.3 is 6.03 Å². The largest absolute Gasteiger partial charge is 0.351 e. The second-order valence-electron chi connectivity index (χ2n) is 7.34. The SMILES string of the molecule is Cc1nc(C2CCCN2C(N)=O)sc1-c1ccnc(C(C)(C)C)c1. The first-order valence-corrected chi connectivity index (χ1v) is 9.09. The van der Waals surface area contributed by atoms with Gasteiger partial charge in [-0.15, -0.1) is 11.3 Å². The highest BCUT2D eigenvalue weighted by atomic mass is 32.1. The number of rotatable bonds is 2. The fraction of sp³-hybridized carbons (Fsp3) is 0.500. The number of nitrogens with zero attached hydrogens (tertiary/aromatic N) is 3. The molecule has 3 rings (SSSR count). The van der Waals surface area contributed by atoms with Gasteiger partial charge in [0.1, 0.15) is 5.01 Å². The quantitative estimate of drug-likeness (QED) is 0.894. The van der Waals surface area contributed by atoms with E-state index in [9.17, 15) is 4.79 Å². The molecule has 1 unspecified atom stereocenters. The minimum absolute atomic E-state index is 0.00561. The lowest BCUT2D eigenvalue weighted by Crippen LogP contribution is -2.35. The van der Waals surface area contributed by atoms with Gasteiger partial charge in [0.15, 0.2) is 0 Å². The maximum Gasteiger partial charge on any atom is 0.315 e. The van der Waals surface area contributed by atoms with Crippen molar-refractivity contribution in [1.82, 2.24) is 14.9 Å². The Morgan fingerprint density at radius 3 is 2.83 bits per heavy atom. The van der Waals surface area contributed by atoms with E-state index >= 15 is 0 Å². The van der Waals surface area contributed by atoms with Gasteiger partial charge in [0.05, 0.1) is 16.6 Å². The van der Waals surface area contributed by atoms with Gasteiger partial charge in [-0.1, -0.05) is 20.8 Å². The van der Waals surface area contributed by atoms with Crippen molar-refractivity contribution >= 4 is 17.4 Å². The maximum absolute atomic E-state index is 11.6. The number of pyridine rings is 1. The highest BCUT2D eigenvalue weighted by Crippen LogP contribution is 2.39. The third kappa shape index (κ3) is 3.15. The highest BCUT2D eigenvalue weighted by molar-refractivity contribution is 7.15. The third-order valence-corrected chi connectivity index (χ3v) is 5.73. The lowest BCUT2D eigenvalue weighted by Gasteiger charge is -2.20. The molecule has 3 heterocycles. The zero-order valence-electron chi connectivity index (χ0n) is 14.7. The summed E-state index contributed by atoms with van der Waals surface area (Å²) in [6, 6.07) is 3.83. The number of carbonyl (C=O) groups is 1. The topological polar surface area (TPSA) is 72.1 Å². The number of carbonyl (C=O) groups excluding carboxylic acids is 1. The summed E-state index contributed by atoms with van der Waals surface area (Å²) in [6.07, 6.45) is 3.77. The number of likely N-dealkylation sites (tertiary alicyclic amines) is 1. The molecular formula is C18H24N4OS. The molecule has 2 aromatic rings. The van der Waals surface area contributed by atoms with Crippen LogP contribution >= 0.6 is 11.3 Å². The van der Waals surface area contributed by atoms with E-state index in [1.165, 1.54) is 0 Å². The molecule has 1 aliphatic heterocycles. The van der Waals surface area contributed by atoms with E-state index in [0.29, 0.717) is 0 Å². The van der Waals surface area contributed by atoms with Crippen molar-refractivity contribution in [3.63, 3.8) is 0 Å². The fourth-order valence-electron chi connectivity index (χ4n) is 3.10. The lowest BCUT2D eigenvalue weighted by atomic mass is 9.90. The number of aryl methyl sites for hydroxylation is 1. The first-order valence-electron chi connectivity index (χ1n) is 8.27. The average molecular weight is 344 g/mol. The zero-order chi connectivity index (χ0) is 17.5. The predicted octanol–water partition coefficient (Wildman–Crippen LogP) is 4.03. The Balaban J connectivity index is 1.97. The molecule has 2 amide bonds. The Kier molecular flexibility index (Phi) is 4.34. The maximum atomic E-state index is 11.6. The smallest absolute Gasteiger partial charge is 0.315 e. The van der Waals surface area contributed by atoms with Crippen LogP contribution in [-0.4, -0.2) is 27.4 Å². The number of aromatic nitrogens is 2. The van der Waals surface area contributed by atoms with Crippen molar-refractivity contribution in [2.24, 2.45) is 5.73 Å². The van der Waals surface area contributed by atoms with Gasteiger partial charge in [-0.2, -0.15) is 0 Å². The van der Waals surface area contributed by atoms with E-state index < -0.39 is 0 Å². The van der Waals surface area contributed by atoms with Crippen molar-refractivity contribution in [2.45, 2.75) is 52.0 Å². The summed E-state index contributed by atoms with van der Waals surface area (Å²) in [6.45, 7) is 9.22. The summed E-state index contributed by atoms with van der Waals surface area (Å²) in [5.74, 6) is 0. The first-order chi connectivity index (χ1) is 11.3. The van der Waals surface area contributed by atoms with E-state index in [2.05, 4.69) is 31.8 Å². The summed E-state index contributed by atoms with van der Waals surface area (Å²) >= 11 is 1.66. The summed E-state index contributed by atoms with van der Waals surface area (Å²) < 4.78 is 0. The molecule has 0 spiro atoms. The lowest BCUT2D eigenvalue weighted by molar-refractivity contribution is 0.203. The number of nitrogens with two attached hydrogens (primary N) is 1. The molecule has 0 radical (unpaired) electrons. The van der Waals surface area contributed by atoms with Crippen LogP contribution in [0.5, 0.6) is 0 Å². The highest BCUT2D eigenvalue weighted by Gasteiger charge is 2.31. The average Bonchev–Trinajstić information content (AvgIpc) is 3.12. The number of hydrogen-bond donors (Lipinski definition) is 1. The Morgan fingerprint density at radius 1 is 1.42 bits per heavy atom. The molecule has 24 heavy (non-hydrogen) atoms. The van der Waals surface area contributed by atoms with Crippen LogP contribution in [0.1, 0.15) is 56.1 Å². The Morgan fingerprint density at radius 2 is 2.17 bits per heavy atom. The number of amides is 2. The van der Waals surface area contributed by atoms with Gasteiger partial charge in [0.2, 0.25) is 0 Å². The normalized spacial score (nSPS) is 18.2. The zero-order valence-corrected chi connectivity index (χ0v) is 15.5. The summed E-state index contributed by atoms with van der Waals surface area (Å²) in [5.41, 5.74) is 8.71. The third-order valence-electron chi connectivity index (χ3n) is 4.42. The van der Waals surface area contributed by atoms with Gasteiger partial charge in [0.25, 0.3) is 0 Å². The van der Waals surface area contributed by atoms with Crippen LogP contribution in [0.15, 0.2) is 18.3 Å². The van der Waals surface area contributed by atoms with Gasteiger partial charge in [0, 0.05) is 23.9 Å². The monoisotopic (exact) mass is 344 g/mol. The van der Waals surface area contributed by atoms with Gasteiger partial charge in [-0.05, 0) is 37.5 Å². The first kappa shape index (κ1) is 16.9. The molecule has 2 aromatic heterocycles. The van der Waals surface area contributed by atoms with Crippen molar-refractivity contribution in [1.29, 1.82) is 0 Å². The molecule has 5 nitrogen and oxygen atoms in total. The molecule has 128 valence electrons. The Labute approximate surface area is 146 Å². The molecular weight excluding hydrogens is 320 g/mol. The molecule has 6 heteroatoms. The second kappa shape index (κ2) is 6.16. The predicted molar refractivity (Wildman–Crippen MR) is 97.0 cm³/mol. The summed E-state index contributed by atoms with van der Waals surface area (Å²) in [4.78, 5) is 23.7. The van der Waals surface area contributed by atoms with E-state index in [-0.39, 0.29) is 17.5 Å². The minimum Gasteiger partial charge on any atom is -0.351 e. The molecule has 2 N–H and O–H groups in total. The van der Waals surface area contributed by atoms with Crippen LogP contribution in [-0.2, 0) is 5.41 Å². The second-order valence-corrected chi connectivity index (χ2v) is 8.37. The van der Waals surface area contributed by atoms with Crippen LogP contribution in [0.3, 0.4) is 0 Å². The van der Waals surface area contributed by atoms with E-state index in [4.69, 9.17) is 10.7 Å². The van der Waals surface area contributed by atoms with Gasteiger partial charge in [-0.25, -0.2) is 9.78 Å². The molecule has 0 aliphatic carbocycles. The van der Waals surface area contributed by atoms with Gasteiger partial charge < -0.3 is 10.6 Å². The van der Waals surface area contributed by atoms with Crippen LogP contribution in [0.4, 0.5) is 4.79 Å².